The first-order valence-electron chi connectivity index (χ1n) is 9.42. The lowest BCUT2D eigenvalue weighted by molar-refractivity contribution is 0.102. The van der Waals surface area contributed by atoms with Crippen LogP contribution in [-0.4, -0.2) is 13.0 Å². The summed E-state index contributed by atoms with van der Waals surface area (Å²) >= 11 is 12.0. The van der Waals surface area contributed by atoms with Gasteiger partial charge in [0.25, 0.3) is 5.91 Å². The Morgan fingerprint density at radius 1 is 0.933 bits per heavy atom. The molecule has 3 aromatic carbocycles. The maximum Gasteiger partial charge on any atom is 0.255 e. The molecule has 3 rings (SSSR count). The van der Waals surface area contributed by atoms with Gasteiger partial charge in [-0.25, -0.2) is 0 Å². The number of ether oxygens (including phenoxy) is 2. The number of hydrogen-bond donors (Lipinski definition) is 1. The summed E-state index contributed by atoms with van der Waals surface area (Å²) in [5, 5.41) is 3.71. The molecule has 0 bridgehead atoms. The summed E-state index contributed by atoms with van der Waals surface area (Å²) in [5.41, 5.74) is 5.16. The molecule has 0 saturated carbocycles. The van der Waals surface area contributed by atoms with Gasteiger partial charge in [0.1, 0.15) is 18.1 Å². The van der Waals surface area contributed by atoms with E-state index in [-0.39, 0.29) is 12.5 Å². The van der Waals surface area contributed by atoms with E-state index in [1.165, 1.54) is 5.56 Å². The number of methoxy groups -OCH3 is 1. The molecule has 0 aromatic heterocycles. The number of anilines is 1. The average Bonchev–Trinajstić information content (AvgIpc) is 2.68. The molecular weight excluding hydrogens is 421 g/mol. The zero-order valence-corrected chi connectivity index (χ0v) is 18.8. The molecular formula is C24H23Cl2NO3. The van der Waals surface area contributed by atoms with Crippen molar-refractivity contribution >= 4 is 34.8 Å². The molecule has 0 heterocycles. The van der Waals surface area contributed by atoms with E-state index in [4.69, 9.17) is 32.7 Å². The fourth-order valence-corrected chi connectivity index (χ4v) is 3.69. The maximum absolute atomic E-state index is 12.7. The highest BCUT2D eigenvalue weighted by molar-refractivity contribution is 6.35. The van der Waals surface area contributed by atoms with Gasteiger partial charge in [0, 0.05) is 26.9 Å². The standard InChI is InChI=1S/C24H23Cl2NO3/c1-14-7-15(2)16(3)23(8-14)30-13-18-9-17(5-6-22(18)29-4)24(28)27-21-11-19(25)10-20(26)12-21/h5-12H,13H2,1-4H3,(H,27,28). The predicted molar refractivity (Wildman–Crippen MR) is 122 cm³/mol. The summed E-state index contributed by atoms with van der Waals surface area (Å²) in [7, 11) is 1.59. The van der Waals surface area contributed by atoms with Gasteiger partial charge in [-0.15, -0.1) is 0 Å². The van der Waals surface area contributed by atoms with Crippen molar-refractivity contribution in [2.24, 2.45) is 0 Å². The first-order valence-corrected chi connectivity index (χ1v) is 10.2. The smallest absolute Gasteiger partial charge is 0.255 e. The lowest BCUT2D eigenvalue weighted by atomic mass is 10.1. The second-order valence-corrected chi connectivity index (χ2v) is 8.01. The largest absolute Gasteiger partial charge is 0.496 e. The van der Waals surface area contributed by atoms with Gasteiger partial charge in [-0.2, -0.15) is 0 Å². The van der Waals surface area contributed by atoms with Gasteiger partial charge < -0.3 is 14.8 Å². The van der Waals surface area contributed by atoms with Gasteiger partial charge in [-0.3, -0.25) is 4.79 Å². The number of halogens is 2. The van der Waals surface area contributed by atoms with Gasteiger partial charge in [0.2, 0.25) is 0 Å². The third-order valence-corrected chi connectivity index (χ3v) is 5.25. The summed E-state index contributed by atoms with van der Waals surface area (Å²) in [6, 6.07) is 14.2. The Labute approximate surface area is 186 Å². The van der Waals surface area contributed by atoms with Crippen molar-refractivity contribution in [3.05, 3.63) is 86.4 Å². The van der Waals surface area contributed by atoms with Crippen LogP contribution in [-0.2, 0) is 6.61 Å². The van der Waals surface area contributed by atoms with E-state index in [0.717, 1.165) is 22.4 Å². The molecule has 4 nitrogen and oxygen atoms in total. The molecule has 0 spiro atoms. The molecule has 156 valence electrons. The summed E-state index contributed by atoms with van der Waals surface area (Å²) in [5.74, 6) is 1.19. The van der Waals surface area contributed by atoms with Gasteiger partial charge in [0.05, 0.1) is 7.11 Å². The van der Waals surface area contributed by atoms with Crippen LogP contribution in [0.1, 0.15) is 32.6 Å². The van der Waals surface area contributed by atoms with E-state index >= 15 is 0 Å². The zero-order chi connectivity index (χ0) is 21.8. The molecule has 30 heavy (non-hydrogen) atoms. The lowest BCUT2D eigenvalue weighted by Gasteiger charge is -2.15. The number of aryl methyl sites for hydroxylation is 2. The second kappa shape index (κ2) is 9.41. The Bertz CT molecular complexity index is 1080. The minimum Gasteiger partial charge on any atom is -0.496 e. The number of rotatable bonds is 6. The maximum atomic E-state index is 12.7. The minimum absolute atomic E-state index is 0.275. The van der Waals surface area contributed by atoms with Gasteiger partial charge in [0.15, 0.2) is 0 Å². The van der Waals surface area contributed by atoms with E-state index in [2.05, 4.69) is 18.3 Å². The van der Waals surface area contributed by atoms with Gasteiger partial charge in [-0.05, 0) is 79.9 Å². The highest BCUT2D eigenvalue weighted by Gasteiger charge is 2.13. The molecule has 0 atom stereocenters. The second-order valence-electron chi connectivity index (χ2n) is 7.13. The van der Waals surface area contributed by atoms with Crippen LogP contribution < -0.4 is 14.8 Å². The molecule has 0 radical (unpaired) electrons. The number of amides is 1. The first-order chi connectivity index (χ1) is 14.3. The molecule has 6 heteroatoms. The van der Waals surface area contributed by atoms with Crippen molar-refractivity contribution in [2.45, 2.75) is 27.4 Å². The lowest BCUT2D eigenvalue weighted by Crippen LogP contribution is -2.13. The molecule has 3 aromatic rings. The van der Waals surface area contributed by atoms with Crippen LogP contribution in [0.15, 0.2) is 48.5 Å². The highest BCUT2D eigenvalue weighted by atomic mass is 35.5. The van der Waals surface area contributed by atoms with E-state index < -0.39 is 0 Å². The highest BCUT2D eigenvalue weighted by Crippen LogP contribution is 2.28. The summed E-state index contributed by atoms with van der Waals surface area (Å²) in [6.45, 7) is 6.40. The SMILES string of the molecule is COc1ccc(C(=O)Nc2cc(Cl)cc(Cl)c2)cc1COc1cc(C)cc(C)c1C. The Morgan fingerprint density at radius 2 is 1.63 bits per heavy atom. The average molecular weight is 444 g/mol. The monoisotopic (exact) mass is 443 g/mol. The summed E-state index contributed by atoms with van der Waals surface area (Å²) < 4.78 is 11.5. The molecule has 1 N–H and O–H groups in total. The van der Waals surface area contributed by atoms with Crippen molar-refractivity contribution in [3.8, 4) is 11.5 Å². The Balaban J connectivity index is 1.82. The fourth-order valence-electron chi connectivity index (χ4n) is 3.17. The van der Waals surface area contributed by atoms with E-state index in [9.17, 15) is 4.79 Å². The van der Waals surface area contributed by atoms with E-state index in [0.29, 0.717) is 27.0 Å². The van der Waals surface area contributed by atoms with E-state index in [1.54, 1.807) is 43.5 Å². The molecule has 0 saturated heterocycles. The number of carbonyl (C=O) groups is 1. The Kier molecular flexibility index (Phi) is 6.91. The van der Waals surface area contributed by atoms with Crippen molar-refractivity contribution in [1.29, 1.82) is 0 Å². The summed E-state index contributed by atoms with van der Waals surface area (Å²) in [4.78, 5) is 12.7. The normalized spacial score (nSPS) is 10.6. The third kappa shape index (κ3) is 5.26. The van der Waals surface area contributed by atoms with Crippen molar-refractivity contribution in [2.75, 3.05) is 12.4 Å². The van der Waals surface area contributed by atoms with E-state index in [1.807, 2.05) is 19.9 Å². The fraction of sp³-hybridized carbons (Fsp3) is 0.208. The zero-order valence-electron chi connectivity index (χ0n) is 17.3. The van der Waals surface area contributed by atoms with Crippen LogP contribution in [0.25, 0.3) is 0 Å². The quantitative estimate of drug-likeness (QED) is 0.457. The predicted octanol–water partition coefficient (Wildman–Crippen LogP) is 6.76. The molecule has 0 aliphatic rings. The molecule has 0 unspecified atom stereocenters. The Hall–Kier alpha value is -2.69. The number of benzene rings is 3. The van der Waals surface area contributed by atoms with Crippen molar-refractivity contribution in [3.63, 3.8) is 0 Å². The van der Waals surface area contributed by atoms with Crippen LogP contribution in [0.4, 0.5) is 5.69 Å². The van der Waals surface area contributed by atoms with Crippen LogP contribution in [0.5, 0.6) is 11.5 Å². The van der Waals surface area contributed by atoms with Crippen LogP contribution in [0.3, 0.4) is 0 Å². The number of hydrogen-bond acceptors (Lipinski definition) is 3. The summed E-state index contributed by atoms with van der Waals surface area (Å²) in [6.07, 6.45) is 0. The number of nitrogens with one attached hydrogen (secondary N) is 1. The van der Waals surface area contributed by atoms with Crippen molar-refractivity contribution in [1.82, 2.24) is 0 Å². The van der Waals surface area contributed by atoms with Crippen LogP contribution in [0.2, 0.25) is 10.0 Å². The molecule has 0 aliphatic heterocycles. The molecule has 0 aliphatic carbocycles. The molecule has 0 fully saturated rings. The van der Waals surface area contributed by atoms with Gasteiger partial charge >= 0.3 is 0 Å². The Morgan fingerprint density at radius 3 is 2.30 bits per heavy atom. The van der Waals surface area contributed by atoms with Crippen LogP contribution in [0, 0.1) is 20.8 Å². The van der Waals surface area contributed by atoms with Crippen molar-refractivity contribution < 1.29 is 14.3 Å². The number of carbonyl (C=O) groups excluding carboxylic acids is 1. The molecule has 1 amide bonds. The van der Waals surface area contributed by atoms with Gasteiger partial charge in [-0.1, -0.05) is 29.3 Å². The third-order valence-electron chi connectivity index (χ3n) is 4.81. The first kappa shape index (κ1) is 22.0. The topological polar surface area (TPSA) is 47.6 Å². The minimum atomic E-state index is -0.278. The van der Waals surface area contributed by atoms with Crippen LogP contribution >= 0.6 is 23.2 Å².